The number of rotatable bonds is 8. The normalized spacial score (nSPS) is 10.0. The average molecular weight is 247 g/mol. The van der Waals surface area contributed by atoms with Crippen molar-refractivity contribution in [1.82, 2.24) is 4.98 Å². The number of nitrogens with zero attached hydrogens (tertiary/aromatic N) is 2. The van der Waals surface area contributed by atoms with Crippen LogP contribution in [0.2, 0.25) is 0 Å². The molecule has 0 bridgehead atoms. The van der Waals surface area contributed by atoms with Gasteiger partial charge in [-0.25, -0.2) is 4.98 Å². The van der Waals surface area contributed by atoms with E-state index in [9.17, 15) is 0 Å². The number of aromatic nitrogens is 1. The third-order valence-electron chi connectivity index (χ3n) is 2.74. The number of hydrogen-bond donors (Lipinski definition) is 1. The van der Waals surface area contributed by atoms with E-state index in [1.54, 1.807) is 6.07 Å². The summed E-state index contributed by atoms with van der Waals surface area (Å²) in [7, 11) is 0. The van der Waals surface area contributed by atoms with Gasteiger partial charge in [0.05, 0.1) is 17.9 Å². The fraction of sp³-hybridized carbons (Fsp3) is 0.571. The summed E-state index contributed by atoms with van der Waals surface area (Å²) in [6.07, 6.45) is 8.81. The second-order valence-corrected chi connectivity index (χ2v) is 4.35. The lowest BCUT2D eigenvalue weighted by Gasteiger charge is -2.07. The van der Waals surface area contributed by atoms with Gasteiger partial charge >= 0.3 is 0 Å². The first kappa shape index (κ1) is 14.3. The molecule has 0 saturated carbocycles. The summed E-state index contributed by atoms with van der Waals surface area (Å²) < 4.78 is 5.50. The van der Waals surface area contributed by atoms with Gasteiger partial charge in [-0.05, 0) is 12.5 Å². The summed E-state index contributed by atoms with van der Waals surface area (Å²) in [6.45, 7) is 2.84. The largest absolute Gasteiger partial charge is 0.476 e. The van der Waals surface area contributed by atoms with Crippen LogP contribution in [0.5, 0.6) is 5.88 Å². The zero-order chi connectivity index (χ0) is 13.2. The quantitative estimate of drug-likeness (QED) is 0.715. The van der Waals surface area contributed by atoms with Crippen molar-refractivity contribution in [2.24, 2.45) is 0 Å². The molecule has 0 fully saturated rings. The monoisotopic (exact) mass is 247 g/mol. The summed E-state index contributed by atoms with van der Waals surface area (Å²) in [5.74, 6) is 0.433. The first-order valence-electron chi connectivity index (χ1n) is 6.56. The van der Waals surface area contributed by atoms with Gasteiger partial charge in [-0.2, -0.15) is 5.26 Å². The minimum Gasteiger partial charge on any atom is -0.476 e. The lowest BCUT2D eigenvalue weighted by atomic mass is 10.1. The van der Waals surface area contributed by atoms with Crippen LogP contribution in [0.1, 0.15) is 51.0 Å². The Balaban J connectivity index is 2.21. The molecular weight excluding hydrogens is 226 g/mol. The Morgan fingerprint density at radius 1 is 1.28 bits per heavy atom. The fourth-order valence-electron chi connectivity index (χ4n) is 1.70. The maximum absolute atomic E-state index is 8.68. The van der Waals surface area contributed by atoms with Crippen LogP contribution in [0.25, 0.3) is 0 Å². The molecule has 2 N–H and O–H groups in total. The minimum absolute atomic E-state index is 0.431. The molecule has 4 heteroatoms. The van der Waals surface area contributed by atoms with Crippen LogP contribution in [0.3, 0.4) is 0 Å². The van der Waals surface area contributed by atoms with E-state index in [2.05, 4.69) is 11.9 Å². The molecule has 1 aromatic heterocycles. The van der Waals surface area contributed by atoms with Crippen LogP contribution in [-0.2, 0) is 0 Å². The van der Waals surface area contributed by atoms with E-state index in [0.29, 0.717) is 23.7 Å². The van der Waals surface area contributed by atoms with Crippen molar-refractivity contribution < 1.29 is 4.74 Å². The molecule has 98 valence electrons. The number of ether oxygens (including phenoxy) is 1. The molecule has 0 radical (unpaired) electrons. The summed E-state index contributed by atoms with van der Waals surface area (Å²) in [5, 5.41) is 8.68. The number of nitriles is 1. The van der Waals surface area contributed by atoms with Crippen LogP contribution in [0, 0.1) is 11.3 Å². The summed E-state index contributed by atoms with van der Waals surface area (Å²) in [6, 6.07) is 3.58. The Morgan fingerprint density at radius 3 is 2.67 bits per heavy atom. The van der Waals surface area contributed by atoms with E-state index in [4.69, 9.17) is 15.7 Å². The number of anilines is 1. The Labute approximate surface area is 109 Å². The third kappa shape index (κ3) is 5.05. The highest BCUT2D eigenvalue weighted by Gasteiger charge is 2.03. The van der Waals surface area contributed by atoms with Gasteiger partial charge in [-0.1, -0.05) is 39.0 Å². The average Bonchev–Trinajstić information content (AvgIpc) is 2.39. The number of hydrogen-bond acceptors (Lipinski definition) is 4. The fourth-order valence-corrected chi connectivity index (χ4v) is 1.70. The molecule has 0 amide bonds. The molecule has 0 saturated heterocycles. The Bertz CT molecular complexity index is 399. The van der Waals surface area contributed by atoms with Crippen LogP contribution >= 0.6 is 0 Å². The van der Waals surface area contributed by atoms with E-state index in [0.717, 1.165) is 6.42 Å². The van der Waals surface area contributed by atoms with Crippen molar-refractivity contribution in [3.05, 3.63) is 17.8 Å². The minimum atomic E-state index is 0.431. The Morgan fingerprint density at radius 2 is 2.00 bits per heavy atom. The third-order valence-corrected chi connectivity index (χ3v) is 2.74. The standard InChI is InChI=1S/C14H21N3O/c1-2-3-4-5-6-7-8-18-14-13(16)9-12(10-15)11-17-14/h9,11H,2-8,16H2,1H3. The number of nitrogens with two attached hydrogens (primary N) is 1. The predicted molar refractivity (Wildman–Crippen MR) is 72.2 cm³/mol. The molecule has 0 atom stereocenters. The zero-order valence-electron chi connectivity index (χ0n) is 11.0. The topological polar surface area (TPSA) is 71.9 Å². The highest BCUT2D eigenvalue weighted by Crippen LogP contribution is 2.18. The van der Waals surface area contributed by atoms with E-state index in [1.807, 2.05) is 6.07 Å². The van der Waals surface area contributed by atoms with Crippen molar-refractivity contribution >= 4 is 5.69 Å². The van der Waals surface area contributed by atoms with Crippen molar-refractivity contribution in [1.29, 1.82) is 5.26 Å². The zero-order valence-corrected chi connectivity index (χ0v) is 11.0. The van der Waals surface area contributed by atoms with Gasteiger partial charge in [0, 0.05) is 6.20 Å². The predicted octanol–water partition coefficient (Wildman–Crippen LogP) is 3.27. The molecule has 0 aliphatic rings. The van der Waals surface area contributed by atoms with Gasteiger partial charge in [0.2, 0.25) is 5.88 Å². The molecule has 0 aliphatic heterocycles. The van der Waals surface area contributed by atoms with Crippen LogP contribution < -0.4 is 10.5 Å². The molecule has 0 unspecified atom stereocenters. The maximum atomic E-state index is 8.68. The molecule has 18 heavy (non-hydrogen) atoms. The summed E-state index contributed by atoms with van der Waals surface area (Å²) in [5.41, 5.74) is 6.63. The van der Waals surface area contributed by atoms with Crippen molar-refractivity contribution in [2.75, 3.05) is 12.3 Å². The molecule has 1 aromatic rings. The molecule has 0 aromatic carbocycles. The van der Waals surface area contributed by atoms with Crippen molar-refractivity contribution in [3.63, 3.8) is 0 Å². The SMILES string of the molecule is CCCCCCCCOc1ncc(C#N)cc1N. The van der Waals surface area contributed by atoms with E-state index >= 15 is 0 Å². The molecular formula is C14H21N3O. The first-order chi connectivity index (χ1) is 8.77. The smallest absolute Gasteiger partial charge is 0.237 e. The van der Waals surface area contributed by atoms with Gasteiger partial charge in [0.1, 0.15) is 6.07 Å². The number of pyridine rings is 1. The second-order valence-electron chi connectivity index (χ2n) is 4.35. The highest BCUT2D eigenvalue weighted by molar-refractivity contribution is 5.51. The van der Waals surface area contributed by atoms with Crippen LogP contribution in [0.15, 0.2) is 12.3 Å². The lowest BCUT2D eigenvalue weighted by molar-refractivity contribution is 0.295. The lowest BCUT2D eigenvalue weighted by Crippen LogP contribution is -2.02. The van der Waals surface area contributed by atoms with Crippen molar-refractivity contribution in [3.8, 4) is 11.9 Å². The van der Waals surface area contributed by atoms with Crippen LogP contribution in [-0.4, -0.2) is 11.6 Å². The van der Waals surface area contributed by atoms with Crippen molar-refractivity contribution in [2.45, 2.75) is 45.4 Å². The van der Waals surface area contributed by atoms with E-state index in [1.165, 1.54) is 38.3 Å². The second kappa shape index (κ2) is 8.35. The van der Waals surface area contributed by atoms with Gasteiger partial charge in [0.25, 0.3) is 0 Å². The van der Waals surface area contributed by atoms with Crippen LogP contribution in [0.4, 0.5) is 5.69 Å². The molecule has 1 rings (SSSR count). The maximum Gasteiger partial charge on any atom is 0.237 e. The summed E-state index contributed by atoms with van der Waals surface area (Å²) >= 11 is 0. The van der Waals surface area contributed by atoms with E-state index in [-0.39, 0.29) is 0 Å². The molecule has 0 aliphatic carbocycles. The van der Waals surface area contributed by atoms with Gasteiger partial charge in [0.15, 0.2) is 0 Å². The number of unbranched alkanes of at least 4 members (excludes halogenated alkanes) is 5. The first-order valence-corrected chi connectivity index (χ1v) is 6.56. The summed E-state index contributed by atoms with van der Waals surface area (Å²) in [4.78, 5) is 4.03. The van der Waals surface area contributed by atoms with Gasteiger partial charge in [-0.15, -0.1) is 0 Å². The Hall–Kier alpha value is -1.76. The molecule has 4 nitrogen and oxygen atoms in total. The van der Waals surface area contributed by atoms with E-state index < -0.39 is 0 Å². The van der Waals surface area contributed by atoms with Gasteiger partial charge in [-0.3, -0.25) is 0 Å². The van der Waals surface area contributed by atoms with Gasteiger partial charge < -0.3 is 10.5 Å². The number of nitrogen functional groups attached to an aromatic ring is 1. The molecule has 1 heterocycles. The molecule has 0 spiro atoms. The highest BCUT2D eigenvalue weighted by atomic mass is 16.5. The Kier molecular flexibility index (Phi) is 6.63.